The zero-order valence-corrected chi connectivity index (χ0v) is 18.8. The second-order valence-electron chi connectivity index (χ2n) is 7.86. The summed E-state index contributed by atoms with van der Waals surface area (Å²) in [5, 5.41) is 11.0. The van der Waals surface area contributed by atoms with Gasteiger partial charge in [0, 0.05) is 49.5 Å². The summed E-state index contributed by atoms with van der Waals surface area (Å²) in [7, 11) is 0. The highest BCUT2D eigenvalue weighted by atomic mass is 32.1. The van der Waals surface area contributed by atoms with Crippen LogP contribution in [-0.2, 0) is 6.54 Å². The lowest BCUT2D eigenvalue weighted by molar-refractivity contribution is 0.291. The number of benzene rings is 1. The maximum Gasteiger partial charge on any atom is 0.266 e. The molecule has 32 heavy (non-hydrogen) atoms. The topological polar surface area (TPSA) is 72.3 Å². The van der Waals surface area contributed by atoms with E-state index in [0.29, 0.717) is 13.2 Å². The number of piperazine rings is 1. The fourth-order valence-corrected chi connectivity index (χ4v) is 4.77. The highest BCUT2D eigenvalue weighted by Gasteiger charge is 2.12. The molecular weight excluding hydrogens is 422 g/mol. The molecule has 8 heteroatoms. The monoisotopic (exact) mass is 447 g/mol. The van der Waals surface area contributed by atoms with Gasteiger partial charge < -0.3 is 15.0 Å². The van der Waals surface area contributed by atoms with E-state index in [1.165, 1.54) is 15.9 Å². The van der Waals surface area contributed by atoms with Crippen LogP contribution in [0.1, 0.15) is 5.56 Å². The molecule has 4 aromatic rings. The van der Waals surface area contributed by atoms with Crippen LogP contribution in [0.4, 0.5) is 5.69 Å². The standard InChI is InChI=1S/C24H25N5O2S/c1-17-14-23(32-16-17)20-4-5-24(30)29(27-20)12-13-31-22-6-7-26-21-15-18(2-3-19(21)22)28-10-8-25-9-11-28/h2-7,14-16,25H,8-13H2,1H3. The second kappa shape index (κ2) is 9.10. The molecule has 1 aromatic carbocycles. The van der Waals surface area contributed by atoms with Crippen LogP contribution < -0.4 is 20.5 Å². The van der Waals surface area contributed by atoms with Crippen molar-refractivity contribution in [1.29, 1.82) is 0 Å². The summed E-state index contributed by atoms with van der Waals surface area (Å²) < 4.78 is 7.52. The molecule has 3 aromatic heterocycles. The summed E-state index contributed by atoms with van der Waals surface area (Å²) in [5.41, 5.74) is 3.95. The summed E-state index contributed by atoms with van der Waals surface area (Å²) in [4.78, 5) is 20.2. The lowest BCUT2D eigenvalue weighted by atomic mass is 10.1. The van der Waals surface area contributed by atoms with Gasteiger partial charge in [0.05, 0.1) is 16.9 Å². The van der Waals surface area contributed by atoms with Crippen molar-refractivity contribution in [3.63, 3.8) is 0 Å². The van der Waals surface area contributed by atoms with Crippen LogP contribution in [0.5, 0.6) is 5.75 Å². The summed E-state index contributed by atoms with van der Waals surface area (Å²) in [6.07, 6.45) is 1.77. The largest absolute Gasteiger partial charge is 0.491 e. The van der Waals surface area contributed by atoms with E-state index >= 15 is 0 Å². The molecule has 164 valence electrons. The normalized spacial score (nSPS) is 14.1. The predicted octanol–water partition coefficient (Wildman–Crippen LogP) is 3.32. The minimum Gasteiger partial charge on any atom is -0.491 e. The lowest BCUT2D eigenvalue weighted by Gasteiger charge is -2.29. The van der Waals surface area contributed by atoms with Crippen molar-refractivity contribution in [3.05, 3.63) is 70.0 Å². The first kappa shape index (κ1) is 20.7. The molecule has 0 saturated carbocycles. The quantitative estimate of drug-likeness (QED) is 0.489. The van der Waals surface area contributed by atoms with Crippen LogP contribution in [-0.4, -0.2) is 47.6 Å². The Hall–Kier alpha value is -3.23. The lowest BCUT2D eigenvalue weighted by Crippen LogP contribution is -2.43. The van der Waals surface area contributed by atoms with Gasteiger partial charge in [0.1, 0.15) is 18.1 Å². The third-order valence-corrected chi connectivity index (χ3v) is 6.65. The van der Waals surface area contributed by atoms with Crippen LogP contribution in [0.25, 0.3) is 21.5 Å². The average Bonchev–Trinajstić information content (AvgIpc) is 3.27. The maximum atomic E-state index is 12.3. The van der Waals surface area contributed by atoms with Crippen molar-refractivity contribution >= 4 is 27.9 Å². The van der Waals surface area contributed by atoms with Crippen LogP contribution in [0.2, 0.25) is 0 Å². The Morgan fingerprint density at radius 3 is 2.81 bits per heavy atom. The first-order chi connectivity index (χ1) is 15.7. The van der Waals surface area contributed by atoms with E-state index < -0.39 is 0 Å². The van der Waals surface area contributed by atoms with E-state index in [9.17, 15) is 4.79 Å². The van der Waals surface area contributed by atoms with E-state index in [1.807, 2.05) is 6.07 Å². The van der Waals surface area contributed by atoms with E-state index in [4.69, 9.17) is 4.74 Å². The SMILES string of the molecule is Cc1csc(-c2ccc(=O)n(CCOc3ccnc4cc(N5CCNCC5)ccc34)n2)c1. The summed E-state index contributed by atoms with van der Waals surface area (Å²) in [5.74, 6) is 0.764. The molecule has 0 unspecified atom stereocenters. The molecule has 7 nitrogen and oxygen atoms in total. The summed E-state index contributed by atoms with van der Waals surface area (Å²) >= 11 is 1.63. The fraction of sp³-hybridized carbons (Fsp3) is 0.292. The number of ether oxygens (including phenoxy) is 1. The van der Waals surface area contributed by atoms with E-state index in [-0.39, 0.29) is 5.56 Å². The van der Waals surface area contributed by atoms with Crippen molar-refractivity contribution in [2.75, 3.05) is 37.7 Å². The zero-order chi connectivity index (χ0) is 21.9. The van der Waals surface area contributed by atoms with Gasteiger partial charge in [0.15, 0.2) is 0 Å². The molecule has 5 rings (SSSR count). The number of fused-ring (bicyclic) bond motifs is 1. The Morgan fingerprint density at radius 1 is 1.12 bits per heavy atom. The van der Waals surface area contributed by atoms with Gasteiger partial charge in [0.2, 0.25) is 0 Å². The molecule has 1 aliphatic rings. The molecular formula is C24H25N5O2S. The van der Waals surface area contributed by atoms with Gasteiger partial charge in [-0.15, -0.1) is 11.3 Å². The van der Waals surface area contributed by atoms with Crippen molar-refractivity contribution in [2.24, 2.45) is 0 Å². The Morgan fingerprint density at radius 2 is 2.00 bits per heavy atom. The molecule has 0 spiro atoms. The van der Waals surface area contributed by atoms with Crippen molar-refractivity contribution in [2.45, 2.75) is 13.5 Å². The number of aromatic nitrogens is 3. The van der Waals surface area contributed by atoms with E-state index in [1.54, 1.807) is 29.7 Å². The highest BCUT2D eigenvalue weighted by molar-refractivity contribution is 7.13. The summed E-state index contributed by atoms with van der Waals surface area (Å²) in [6, 6.07) is 13.6. The van der Waals surface area contributed by atoms with E-state index in [2.05, 4.69) is 56.9 Å². The molecule has 4 heterocycles. The number of aryl methyl sites for hydroxylation is 1. The fourth-order valence-electron chi connectivity index (χ4n) is 3.90. The zero-order valence-electron chi connectivity index (χ0n) is 18.0. The molecule has 0 aliphatic carbocycles. The second-order valence-corrected chi connectivity index (χ2v) is 8.78. The Bertz CT molecular complexity index is 1290. The number of rotatable bonds is 6. The number of thiophene rings is 1. The Labute approximate surface area is 190 Å². The number of pyridine rings is 1. The van der Waals surface area contributed by atoms with E-state index in [0.717, 1.165) is 53.4 Å². The molecule has 1 N–H and O–H groups in total. The molecule has 0 amide bonds. The smallest absolute Gasteiger partial charge is 0.266 e. The van der Waals surface area contributed by atoms with Gasteiger partial charge in [-0.05, 0) is 54.3 Å². The molecule has 0 radical (unpaired) electrons. The van der Waals surface area contributed by atoms with Crippen molar-refractivity contribution < 1.29 is 4.74 Å². The van der Waals surface area contributed by atoms with Gasteiger partial charge in [-0.2, -0.15) is 5.10 Å². The van der Waals surface area contributed by atoms with Gasteiger partial charge in [-0.1, -0.05) is 0 Å². The first-order valence-electron chi connectivity index (χ1n) is 10.8. The molecule has 1 fully saturated rings. The molecule has 1 aliphatic heterocycles. The minimum atomic E-state index is -0.133. The minimum absolute atomic E-state index is 0.133. The van der Waals surface area contributed by atoms with Crippen LogP contribution in [0.15, 0.2) is 58.8 Å². The Balaban J connectivity index is 1.31. The Kier molecular flexibility index (Phi) is 5.87. The highest BCUT2D eigenvalue weighted by Crippen LogP contribution is 2.28. The average molecular weight is 448 g/mol. The van der Waals surface area contributed by atoms with Crippen molar-refractivity contribution in [1.82, 2.24) is 20.1 Å². The number of hydrogen-bond acceptors (Lipinski definition) is 7. The third kappa shape index (κ3) is 4.37. The van der Waals surface area contributed by atoms with Gasteiger partial charge in [-0.3, -0.25) is 9.78 Å². The maximum absolute atomic E-state index is 12.3. The molecule has 0 atom stereocenters. The molecule has 0 bridgehead atoms. The molecule has 1 saturated heterocycles. The summed E-state index contributed by atoms with van der Waals surface area (Å²) in [6.45, 7) is 6.75. The number of nitrogens with one attached hydrogen (secondary N) is 1. The third-order valence-electron chi connectivity index (χ3n) is 5.58. The first-order valence-corrected chi connectivity index (χ1v) is 11.7. The van der Waals surface area contributed by atoms with Gasteiger partial charge in [-0.25, -0.2) is 4.68 Å². The van der Waals surface area contributed by atoms with Crippen LogP contribution >= 0.6 is 11.3 Å². The van der Waals surface area contributed by atoms with Gasteiger partial charge >= 0.3 is 0 Å². The number of nitrogens with zero attached hydrogens (tertiary/aromatic N) is 4. The van der Waals surface area contributed by atoms with Crippen LogP contribution in [0, 0.1) is 6.92 Å². The van der Waals surface area contributed by atoms with Gasteiger partial charge in [0.25, 0.3) is 5.56 Å². The van der Waals surface area contributed by atoms with Crippen molar-refractivity contribution in [3.8, 4) is 16.3 Å². The number of hydrogen-bond donors (Lipinski definition) is 1. The number of anilines is 1. The predicted molar refractivity (Wildman–Crippen MR) is 129 cm³/mol. The van der Waals surface area contributed by atoms with Crippen LogP contribution in [0.3, 0.4) is 0 Å².